The molecule has 0 unspecified atom stereocenters. The number of H-pyrrole nitrogens is 1. The van der Waals surface area contributed by atoms with Crippen LogP contribution < -0.4 is 10.6 Å². The Bertz CT molecular complexity index is 1580. The summed E-state index contributed by atoms with van der Waals surface area (Å²) in [6.45, 7) is 12.0. The first kappa shape index (κ1) is 28.2. The zero-order valence-corrected chi connectivity index (χ0v) is 23.8. The van der Waals surface area contributed by atoms with E-state index in [1.165, 1.54) is 37.8 Å². The van der Waals surface area contributed by atoms with Gasteiger partial charge in [0.25, 0.3) is 0 Å². The maximum absolute atomic E-state index is 14.0. The SMILES string of the molecule is C=C/C=C(/c1cccc(F)c1)c1nc(C(=C)c2nc(-c3cncc(CNCC4CCCC4)c3)ccc2NC)[nH]c1C. The largest absolute Gasteiger partial charge is 0.386 e. The number of imidazole rings is 1. The van der Waals surface area contributed by atoms with Gasteiger partial charge >= 0.3 is 0 Å². The van der Waals surface area contributed by atoms with Crippen molar-refractivity contribution in [1.82, 2.24) is 25.3 Å². The molecule has 0 atom stereocenters. The minimum Gasteiger partial charge on any atom is -0.386 e. The van der Waals surface area contributed by atoms with Crippen molar-refractivity contribution in [3.63, 3.8) is 0 Å². The predicted octanol–water partition coefficient (Wildman–Crippen LogP) is 7.31. The van der Waals surface area contributed by atoms with E-state index in [1.54, 1.807) is 12.1 Å². The first-order valence-electron chi connectivity index (χ1n) is 14.2. The number of allylic oxidation sites excluding steroid dienone is 2. The number of pyridine rings is 2. The lowest BCUT2D eigenvalue weighted by Gasteiger charge is -2.13. The summed E-state index contributed by atoms with van der Waals surface area (Å²) in [6, 6.07) is 12.6. The molecule has 3 N–H and O–H groups in total. The minimum atomic E-state index is -0.307. The molecular weight excluding hydrogens is 511 g/mol. The summed E-state index contributed by atoms with van der Waals surface area (Å²) in [7, 11) is 1.86. The van der Waals surface area contributed by atoms with Gasteiger partial charge in [0.15, 0.2) is 0 Å². The summed E-state index contributed by atoms with van der Waals surface area (Å²) in [5.74, 6) is 1.07. The molecule has 4 aromatic rings. The van der Waals surface area contributed by atoms with E-state index >= 15 is 0 Å². The van der Waals surface area contributed by atoms with Gasteiger partial charge in [0.1, 0.15) is 11.6 Å². The fraction of sp³-hybridized carbons (Fsp3) is 0.265. The summed E-state index contributed by atoms with van der Waals surface area (Å²) >= 11 is 0. The molecule has 0 bridgehead atoms. The van der Waals surface area contributed by atoms with E-state index in [1.807, 2.05) is 50.6 Å². The molecule has 1 aromatic carbocycles. The second kappa shape index (κ2) is 12.9. The van der Waals surface area contributed by atoms with Crippen molar-refractivity contribution in [1.29, 1.82) is 0 Å². The molecule has 0 radical (unpaired) electrons. The first-order valence-corrected chi connectivity index (χ1v) is 14.2. The standard InChI is InChI=1S/C34H37FN6/c1-5-9-29(26-12-8-13-28(35)17-26)33-23(3)39-34(41-33)22(2)32-31(36-4)15-14-30(40-32)27-16-25(20-38-21-27)19-37-18-24-10-6-7-11-24/h5,8-9,12-17,20-21,24,36-37H,1-2,6-7,10-11,18-19H2,3-4H3,(H,39,41)/b29-9-. The molecule has 7 heteroatoms. The van der Waals surface area contributed by atoms with E-state index in [4.69, 9.17) is 9.97 Å². The summed E-state index contributed by atoms with van der Waals surface area (Å²) in [4.78, 5) is 17.7. The van der Waals surface area contributed by atoms with Crippen LogP contribution in [0.3, 0.4) is 0 Å². The highest BCUT2D eigenvalue weighted by molar-refractivity contribution is 5.85. The fourth-order valence-electron chi connectivity index (χ4n) is 5.47. The molecule has 6 nitrogen and oxygen atoms in total. The van der Waals surface area contributed by atoms with Gasteiger partial charge in [-0.25, -0.2) is 14.4 Å². The first-order chi connectivity index (χ1) is 20.0. The molecule has 210 valence electrons. The monoisotopic (exact) mass is 548 g/mol. The van der Waals surface area contributed by atoms with Crippen molar-refractivity contribution in [2.24, 2.45) is 5.92 Å². The number of halogens is 1. The van der Waals surface area contributed by atoms with Crippen molar-refractivity contribution in [2.45, 2.75) is 39.2 Å². The molecule has 41 heavy (non-hydrogen) atoms. The summed E-state index contributed by atoms with van der Waals surface area (Å²) in [5.41, 5.74) is 8.08. The minimum absolute atomic E-state index is 0.307. The van der Waals surface area contributed by atoms with Crippen LogP contribution in [0.2, 0.25) is 0 Å². The molecule has 0 spiro atoms. The number of hydrogen-bond acceptors (Lipinski definition) is 5. The number of benzene rings is 1. The third-order valence-electron chi connectivity index (χ3n) is 7.62. The van der Waals surface area contributed by atoms with Gasteiger partial charge in [-0.2, -0.15) is 0 Å². The number of aryl methyl sites for hydroxylation is 1. The highest BCUT2D eigenvalue weighted by atomic mass is 19.1. The van der Waals surface area contributed by atoms with Crippen molar-refractivity contribution in [3.8, 4) is 11.3 Å². The second-order valence-corrected chi connectivity index (χ2v) is 10.6. The number of rotatable bonds is 11. The molecule has 3 aromatic heterocycles. The van der Waals surface area contributed by atoms with Crippen molar-refractivity contribution in [2.75, 3.05) is 18.9 Å². The van der Waals surface area contributed by atoms with Crippen LogP contribution in [0.1, 0.15) is 59.7 Å². The topological polar surface area (TPSA) is 78.5 Å². The van der Waals surface area contributed by atoms with Gasteiger partial charge in [0.2, 0.25) is 0 Å². The molecule has 1 aliphatic rings. The Balaban J connectivity index is 1.41. The number of nitrogens with zero attached hydrogens (tertiary/aromatic N) is 3. The number of anilines is 1. The zero-order valence-electron chi connectivity index (χ0n) is 23.8. The Morgan fingerprint density at radius 1 is 1.10 bits per heavy atom. The second-order valence-electron chi connectivity index (χ2n) is 10.6. The van der Waals surface area contributed by atoms with Crippen LogP contribution >= 0.6 is 0 Å². The van der Waals surface area contributed by atoms with Gasteiger partial charge in [-0.1, -0.05) is 50.3 Å². The van der Waals surface area contributed by atoms with Crippen LogP contribution in [0.25, 0.3) is 22.4 Å². The van der Waals surface area contributed by atoms with Crippen molar-refractivity contribution >= 4 is 16.8 Å². The zero-order chi connectivity index (χ0) is 28.8. The smallest absolute Gasteiger partial charge is 0.139 e. The van der Waals surface area contributed by atoms with E-state index in [9.17, 15) is 4.39 Å². The maximum atomic E-state index is 14.0. The molecule has 5 rings (SSSR count). The Kier molecular flexibility index (Phi) is 8.85. The molecule has 0 saturated heterocycles. The number of aromatic amines is 1. The van der Waals surface area contributed by atoms with Crippen molar-refractivity contribution in [3.05, 3.63) is 120 Å². The third kappa shape index (κ3) is 6.52. The Hall–Kier alpha value is -4.36. The van der Waals surface area contributed by atoms with Gasteiger partial charge in [-0.3, -0.25) is 4.98 Å². The number of hydrogen-bond donors (Lipinski definition) is 3. The Morgan fingerprint density at radius 3 is 2.68 bits per heavy atom. The van der Waals surface area contributed by atoms with Crippen LogP contribution in [-0.2, 0) is 6.54 Å². The fourth-order valence-corrected chi connectivity index (χ4v) is 5.47. The lowest BCUT2D eigenvalue weighted by atomic mass is 10.0. The van der Waals surface area contributed by atoms with Gasteiger partial charge in [0.05, 0.1) is 22.8 Å². The molecule has 1 aliphatic carbocycles. The van der Waals surface area contributed by atoms with Crippen LogP contribution in [0.4, 0.5) is 10.1 Å². The van der Waals surface area contributed by atoms with Gasteiger partial charge < -0.3 is 15.6 Å². The molecule has 3 heterocycles. The highest BCUT2D eigenvalue weighted by Gasteiger charge is 2.19. The number of nitrogens with one attached hydrogen (secondary N) is 3. The Morgan fingerprint density at radius 2 is 1.93 bits per heavy atom. The van der Waals surface area contributed by atoms with Crippen molar-refractivity contribution < 1.29 is 4.39 Å². The average molecular weight is 549 g/mol. The molecule has 1 fully saturated rings. The molecular formula is C34H37FN6. The summed E-state index contributed by atoms with van der Waals surface area (Å²) in [5, 5.41) is 6.83. The van der Waals surface area contributed by atoms with Crippen LogP contribution in [0.5, 0.6) is 0 Å². The van der Waals surface area contributed by atoms with Gasteiger partial charge in [0, 0.05) is 48.4 Å². The molecule has 0 amide bonds. The summed E-state index contributed by atoms with van der Waals surface area (Å²) < 4.78 is 14.0. The Labute approximate surface area is 241 Å². The van der Waals surface area contributed by atoms with E-state index in [0.29, 0.717) is 22.8 Å². The molecule has 1 saturated carbocycles. The number of aromatic nitrogens is 4. The van der Waals surface area contributed by atoms with Gasteiger partial charge in [-0.15, -0.1) is 0 Å². The third-order valence-corrected chi connectivity index (χ3v) is 7.62. The summed E-state index contributed by atoms with van der Waals surface area (Å²) in [6.07, 6.45) is 12.6. The lowest BCUT2D eigenvalue weighted by molar-refractivity contribution is 0.489. The van der Waals surface area contributed by atoms with Gasteiger partial charge in [-0.05, 0) is 73.7 Å². The normalized spacial score (nSPS) is 13.9. The average Bonchev–Trinajstić information content (AvgIpc) is 3.65. The highest BCUT2D eigenvalue weighted by Crippen LogP contribution is 2.32. The van der Waals surface area contributed by atoms with Crippen LogP contribution in [-0.4, -0.2) is 33.5 Å². The van der Waals surface area contributed by atoms with E-state index < -0.39 is 0 Å². The van der Waals surface area contributed by atoms with Crippen LogP contribution in [0, 0.1) is 18.7 Å². The molecule has 0 aliphatic heterocycles. The predicted molar refractivity (Wildman–Crippen MR) is 166 cm³/mol. The quantitative estimate of drug-likeness (QED) is 0.171. The lowest BCUT2D eigenvalue weighted by Crippen LogP contribution is -2.20. The maximum Gasteiger partial charge on any atom is 0.139 e. The van der Waals surface area contributed by atoms with E-state index in [0.717, 1.165) is 58.3 Å². The van der Waals surface area contributed by atoms with E-state index in [2.05, 4.69) is 39.8 Å². The van der Waals surface area contributed by atoms with Crippen LogP contribution in [0.15, 0.2) is 80.2 Å². The van der Waals surface area contributed by atoms with E-state index in [-0.39, 0.29) is 5.82 Å².